The number of aromatic nitrogens is 2. The zero-order chi connectivity index (χ0) is 23.7. The second kappa shape index (κ2) is 7.12. The van der Waals surface area contributed by atoms with Crippen molar-refractivity contribution in [3.63, 3.8) is 0 Å². The highest BCUT2D eigenvalue weighted by Gasteiger charge is 2.51. The number of nitrogens with zero attached hydrogens (tertiary/aromatic N) is 2. The topological polar surface area (TPSA) is 93.1 Å². The van der Waals surface area contributed by atoms with Gasteiger partial charge in [-0.3, -0.25) is 14.4 Å². The van der Waals surface area contributed by atoms with Gasteiger partial charge in [0.1, 0.15) is 12.4 Å². The van der Waals surface area contributed by atoms with E-state index in [-0.39, 0.29) is 24.1 Å². The number of pyridine rings is 1. The van der Waals surface area contributed by atoms with Crippen molar-refractivity contribution in [1.29, 1.82) is 0 Å². The number of benzene rings is 2. The fraction of sp³-hybridized carbons (Fsp3) is 0.214. The summed E-state index contributed by atoms with van der Waals surface area (Å²) in [6.07, 6.45) is 6.11. The van der Waals surface area contributed by atoms with Crippen LogP contribution in [-0.2, 0) is 40.8 Å². The van der Waals surface area contributed by atoms with Crippen molar-refractivity contribution in [2.45, 2.75) is 37.6 Å². The van der Waals surface area contributed by atoms with E-state index in [1.54, 1.807) is 6.20 Å². The summed E-state index contributed by atoms with van der Waals surface area (Å²) in [5, 5.41) is 6.92. The molecule has 2 N–H and O–H groups in total. The third kappa shape index (κ3) is 2.91. The summed E-state index contributed by atoms with van der Waals surface area (Å²) in [5.41, 5.74) is 6.00. The summed E-state index contributed by atoms with van der Waals surface area (Å²) in [6, 6.07) is 15.4. The monoisotopic (exact) mass is 462 g/mol. The Morgan fingerprint density at radius 2 is 1.91 bits per heavy atom. The Kier molecular flexibility index (Phi) is 4.10. The van der Waals surface area contributed by atoms with Crippen LogP contribution in [0.3, 0.4) is 0 Å². The zero-order valence-corrected chi connectivity index (χ0v) is 18.9. The number of anilines is 2. The molecule has 4 aromatic rings. The van der Waals surface area contributed by atoms with Gasteiger partial charge in [-0.05, 0) is 60.2 Å². The lowest BCUT2D eigenvalue weighted by atomic mass is 9.79. The Bertz CT molecular complexity index is 1600. The molecule has 1 atom stereocenters. The molecular weight excluding hydrogens is 440 g/mol. The van der Waals surface area contributed by atoms with Crippen molar-refractivity contribution in [3.05, 3.63) is 88.7 Å². The van der Waals surface area contributed by atoms with E-state index in [0.717, 1.165) is 38.7 Å². The molecule has 35 heavy (non-hydrogen) atoms. The molecule has 1 spiro atoms. The number of carbonyl (C=O) groups is 3. The first-order valence-corrected chi connectivity index (χ1v) is 11.8. The van der Waals surface area contributed by atoms with E-state index in [4.69, 9.17) is 0 Å². The minimum atomic E-state index is -0.629. The quantitative estimate of drug-likeness (QED) is 0.485. The molecule has 172 valence electrons. The van der Waals surface area contributed by atoms with Crippen LogP contribution >= 0.6 is 0 Å². The molecule has 2 aromatic carbocycles. The molecule has 2 amide bonds. The van der Waals surface area contributed by atoms with Crippen LogP contribution in [0.5, 0.6) is 0 Å². The minimum Gasteiger partial charge on any atom is -0.338 e. The molecule has 1 aliphatic heterocycles. The van der Waals surface area contributed by atoms with Gasteiger partial charge in [0.25, 0.3) is 0 Å². The van der Waals surface area contributed by atoms with Crippen LogP contribution in [0.25, 0.3) is 10.9 Å². The lowest BCUT2D eigenvalue weighted by Gasteiger charge is -2.20. The molecule has 7 nitrogen and oxygen atoms in total. The molecule has 0 saturated carbocycles. The number of rotatable bonds is 3. The maximum atomic E-state index is 13.0. The molecule has 7 heteroatoms. The van der Waals surface area contributed by atoms with Crippen molar-refractivity contribution >= 4 is 40.0 Å². The molecule has 0 fully saturated rings. The smallest absolute Gasteiger partial charge is 0.244 e. The number of Topliss-reactive ketones (excluding diaryl/α,β-unsaturated/α-hetero) is 1. The predicted octanol–water partition coefficient (Wildman–Crippen LogP) is 3.79. The number of nitrogens with one attached hydrogen (secondary N) is 2. The Morgan fingerprint density at radius 1 is 1.03 bits per heavy atom. The Balaban J connectivity index is 1.13. The first-order chi connectivity index (χ1) is 17.0. The van der Waals surface area contributed by atoms with E-state index in [1.807, 2.05) is 59.3 Å². The summed E-state index contributed by atoms with van der Waals surface area (Å²) in [6.45, 7) is 0.163. The molecule has 2 aliphatic carbocycles. The van der Waals surface area contributed by atoms with Crippen LogP contribution in [0.2, 0.25) is 0 Å². The average molecular weight is 463 g/mol. The van der Waals surface area contributed by atoms with Crippen molar-refractivity contribution in [2.75, 3.05) is 10.6 Å². The van der Waals surface area contributed by atoms with Crippen LogP contribution in [0.4, 0.5) is 11.5 Å². The van der Waals surface area contributed by atoms with Gasteiger partial charge in [0.2, 0.25) is 11.8 Å². The second-order valence-corrected chi connectivity index (χ2v) is 9.73. The van der Waals surface area contributed by atoms with Gasteiger partial charge in [-0.15, -0.1) is 0 Å². The van der Waals surface area contributed by atoms with Crippen LogP contribution in [0.15, 0.2) is 60.9 Å². The second-order valence-electron chi connectivity index (χ2n) is 9.73. The lowest BCUT2D eigenvalue weighted by molar-refractivity contribution is -0.120. The van der Waals surface area contributed by atoms with E-state index in [2.05, 4.69) is 15.6 Å². The lowest BCUT2D eigenvalue weighted by Crippen LogP contribution is -2.35. The summed E-state index contributed by atoms with van der Waals surface area (Å²) in [4.78, 5) is 42.5. The molecule has 2 aromatic heterocycles. The largest absolute Gasteiger partial charge is 0.338 e. The third-order valence-electron chi connectivity index (χ3n) is 7.68. The number of hydrogen-bond acceptors (Lipinski definition) is 4. The van der Waals surface area contributed by atoms with E-state index in [0.29, 0.717) is 37.2 Å². The number of ketones is 1. The Hall–Kier alpha value is -4.26. The van der Waals surface area contributed by atoms with E-state index in [1.165, 1.54) is 0 Å². The molecule has 0 saturated heterocycles. The van der Waals surface area contributed by atoms with Gasteiger partial charge in [0, 0.05) is 46.5 Å². The normalized spacial score (nSPS) is 19.7. The summed E-state index contributed by atoms with van der Waals surface area (Å²) in [5.74, 6) is 0.658. The van der Waals surface area contributed by atoms with Crippen LogP contribution in [-0.4, -0.2) is 27.1 Å². The molecule has 1 unspecified atom stereocenters. The van der Waals surface area contributed by atoms with Gasteiger partial charge in [-0.2, -0.15) is 0 Å². The first kappa shape index (κ1) is 20.1. The van der Waals surface area contributed by atoms with Gasteiger partial charge >= 0.3 is 0 Å². The highest BCUT2D eigenvalue weighted by atomic mass is 16.2. The van der Waals surface area contributed by atoms with E-state index in [9.17, 15) is 14.4 Å². The Labute approximate surface area is 201 Å². The van der Waals surface area contributed by atoms with Gasteiger partial charge in [0.05, 0.1) is 5.41 Å². The predicted molar refractivity (Wildman–Crippen MR) is 132 cm³/mol. The molecule has 3 aliphatic rings. The van der Waals surface area contributed by atoms with Crippen molar-refractivity contribution < 1.29 is 14.4 Å². The van der Waals surface area contributed by atoms with Crippen molar-refractivity contribution in [2.24, 2.45) is 0 Å². The molecule has 0 bridgehead atoms. The first-order valence-electron chi connectivity index (χ1n) is 11.8. The highest BCUT2D eigenvalue weighted by molar-refractivity contribution is 6.11. The summed E-state index contributed by atoms with van der Waals surface area (Å²) >= 11 is 0. The SMILES string of the molecule is O=C(Cn1cc2c3c(cccc31)C(=O)CC2)Nc1ccc2c(c1)CC1(C2)C(=O)Nc2ncccc21. The molecule has 3 heterocycles. The van der Waals surface area contributed by atoms with Gasteiger partial charge < -0.3 is 15.2 Å². The summed E-state index contributed by atoms with van der Waals surface area (Å²) in [7, 11) is 0. The molecule has 0 radical (unpaired) electrons. The number of fused-ring (bicyclic) bond motifs is 3. The number of amides is 2. The maximum absolute atomic E-state index is 13.0. The van der Waals surface area contributed by atoms with E-state index < -0.39 is 5.41 Å². The van der Waals surface area contributed by atoms with Crippen molar-refractivity contribution in [1.82, 2.24) is 9.55 Å². The van der Waals surface area contributed by atoms with Gasteiger partial charge in [-0.1, -0.05) is 24.3 Å². The van der Waals surface area contributed by atoms with Gasteiger partial charge in [0.15, 0.2) is 5.78 Å². The number of hydrogen-bond donors (Lipinski definition) is 2. The van der Waals surface area contributed by atoms with Gasteiger partial charge in [-0.25, -0.2) is 4.98 Å². The number of carbonyl (C=O) groups excluding carboxylic acids is 3. The van der Waals surface area contributed by atoms with Crippen LogP contribution < -0.4 is 10.6 Å². The van der Waals surface area contributed by atoms with Crippen LogP contribution in [0.1, 0.15) is 39.0 Å². The molecule has 7 rings (SSSR count). The third-order valence-corrected chi connectivity index (χ3v) is 7.68. The average Bonchev–Trinajstić information content (AvgIpc) is 3.49. The van der Waals surface area contributed by atoms with E-state index >= 15 is 0 Å². The number of aryl methyl sites for hydroxylation is 1. The maximum Gasteiger partial charge on any atom is 0.244 e. The van der Waals surface area contributed by atoms with Crippen LogP contribution in [0, 0.1) is 0 Å². The fourth-order valence-electron chi connectivity index (χ4n) is 6.07. The van der Waals surface area contributed by atoms with Crippen molar-refractivity contribution in [3.8, 4) is 0 Å². The standard InChI is InChI=1S/C28H22N4O3/c33-23-9-7-17-14-32(22-5-1-3-20(23)25(17)22)15-24(34)30-19-8-6-16-12-28(13-18(16)11-19)21-4-2-10-29-26(21)31-27(28)35/h1-6,8,10-11,14H,7,9,12-13,15H2,(H,30,34)(H,29,31,35). The molecular formula is C28H22N4O3. The fourth-order valence-corrected chi connectivity index (χ4v) is 6.07. The highest BCUT2D eigenvalue weighted by Crippen LogP contribution is 2.47. The summed E-state index contributed by atoms with van der Waals surface area (Å²) < 4.78 is 1.93. The minimum absolute atomic E-state index is 0.0153. The zero-order valence-electron chi connectivity index (χ0n) is 18.9. The Morgan fingerprint density at radius 3 is 2.83 bits per heavy atom.